The van der Waals surface area contributed by atoms with Crippen molar-refractivity contribution < 1.29 is 0 Å². The Bertz CT molecular complexity index is 203. The van der Waals surface area contributed by atoms with Crippen LogP contribution in [-0.2, 0) is 0 Å². The van der Waals surface area contributed by atoms with Crippen LogP contribution in [0.5, 0.6) is 0 Å². The van der Waals surface area contributed by atoms with Crippen molar-refractivity contribution in [2.75, 3.05) is 19.6 Å². The van der Waals surface area contributed by atoms with Crippen molar-refractivity contribution in [1.29, 1.82) is 0 Å². The van der Waals surface area contributed by atoms with Crippen molar-refractivity contribution >= 4 is 0 Å². The molecule has 1 fully saturated rings. The zero-order valence-corrected chi connectivity index (χ0v) is 10.6. The van der Waals surface area contributed by atoms with Gasteiger partial charge in [-0.05, 0) is 46.2 Å². The van der Waals surface area contributed by atoms with Crippen LogP contribution in [0.4, 0.5) is 0 Å². The lowest BCUT2D eigenvalue weighted by molar-refractivity contribution is 0.169. The third-order valence-corrected chi connectivity index (χ3v) is 3.64. The van der Waals surface area contributed by atoms with Gasteiger partial charge >= 0.3 is 0 Å². The molecule has 2 nitrogen and oxygen atoms in total. The highest BCUT2D eigenvalue weighted by Gasteiger charge is 2.28. The molecule has 0 aromatic carbocycles. The van der Waals surface area contributed by atoms with Gasteiger partial charge in [-0.15, -0.1) is 6.58 Å². The van der Waals surface area contributed by atoms with E-state index in [-0.39, 0.29) is 0 Å². The van der Waals surface area contributed by atoms with Crippen LogP contribution in [0.2, 0.25) is 0 Å². The first-order valence-electron chi connectivity index (χ1n) is 6.21. The quantitative estimate of drug-likeness (QED) is 0.717. The summed E-state index contributed by atoms with van der Waals surface area (Å²) >= 11 is 0. The monoisotopic (exact) mass is 210 g/mol. The lowest BCUT2D eigenvalue weighted by Crippen LogP contribution is -2.50. The van der Waals surface area contributed by atoms with Gasteiger partial charge in [0.2, 0.25) is 0 Å². The van der Waals surface area contributed by atoms with Gasteiger partial charge in [-0.2, -0.15) is 0 Å². The molecule has 0 radical (unpaired) electrons. The molecule has 0 amide bonds. The van der Waals surface area contributed by atoms with Crippen LogP contribution in [0.15, 0.2) is 12.7 Å². The smallest absolute Gasteiger partial charge is 0.0277 e. The zero-order chi connectivity index (χ0) is 11.3. The highest BCUT2D eigenvalue weighted by Crippen LogP contribution is 2.18. The molecule has 1 N–H and O–H groups in total. The fourth-order valence-electron chi connectivity index (χ4n) is 2.26. The van der Waals surface area contributed by atoms with Crippen LogP contribution in [0.25, 0.3) is 0 Å². The summed E-state index contributed by atoms with van der Waals surface area (Å²) in [5.41, 5.74) is 0.298. The lowest BCUT2D eigenvalue weighted by Gasteiger charge is -2.35. The summed E-state index contributed by atoms with van der Waals surface area (Å²) in [6.07, 6.45) is 5.59. The van der Waals surface area contributed by atoms with Crippen LogP contribution in [0.3, 0.4) is 0 Å². The molecule has 88 valence electrons. The van der Waals surface area contributed by atoms with Crippen molar-refractivity contribution in [2.45, 2.75) is 51.6 Å². The SMILES string of the molecule is C=CCC(C)N1CCCNC(C)(CC)C1. The van der Waals surface area contributed by atoms with Crippen LogP contribution >= 0.6 is 0 Å². The van der Waals surface area contributed by atoms with Gasteiger partial charge in [0.05, 0.1) is 0 Å². The molecule has 1 aliphatic rings. The lowest BCUT2D eigenvalue weighted by atomic mass is 9.97. The molecule has 2 atom stereocenters. The average molecular weight is 210 g/mol. The normalized spacial score (nSPS) is 30.9. The second kappa shape index (κ2) is 5.66. The van der Waals surface area contributed by atoms with Gasteiger partial charge in [0.1, 0.15) is 0 Å². The molecular formula is C13H26N2. The van der Waals surface area contributed by atoms with Gasteiger partial charge in [-0.25, -0.2) is 0 Å². The maximum atomic E-state index is 3.83. The molecule has 2 heteroatoms. The predicted molar refractivity (Wildman–Crippen MR) is 67.2 cm³/mol. The zero-order valence-electron chi connectivity index (χ0n) is 10.6. The summed E-state index contributed by atoms with van der Waals surface area (Å²) in [7, 11) is 0. The maximum Gasteiger partial charge on any atom is 0.0277 e. The first-order valence-corrected chi connectivity index (χ1v) is 6.21. The standard InChI is InChI=1S/C13H26N2/c1-5-8-12(3)15-10-7-9-14-13(4,6-2)11-15/h5,12,14H,1,6-11H2,2-4H3. The van der Waals surface area contributed by atoms with E-state index < -0.39 is 0 Å². The van der Waals surface area contributed by atoms with Crippen LogP contribution in [0.1, 0.15) is 40.0 Å². The Hall–Kier alpha value is -0.340. The van der Waals surface area contributed by atoms with Gasteiger partial charge < -0.3 is 5.32 Å². The molecule has 1 aliphatic heterocycles. The van der Waals surface area contributed by atoms with E-state index in [2.05, 4.69) is 37.6 Å². The molecule has 15 heavy (non-hydrogen) atoms. The minimum absolute atomic E-state index is 0.298. The second-order valence-corrected chi connectivity index (χ2v) is 5.04. The maximum absolute atomic E-state index is 3.83. The van der Waals surface area contributed by atoms with Crippen molar-refractivity contribution in [2.24, 2.45) is 0 Å². The highest BCUT2D eigenvalue weighted by molar-refractivity contribution is 4.90. The molecule has 0 bridgehead atoms. The number of hydrogen-bond donors (Lipinski definition) is 1. The minimum Gasteiger partial charge on any atom is -0.310 e. The molecule has 1 rings (SSSR count). The van der Waals surface area contributed by atoms with E-state index in [0.717, 1.165) is 13.0 Å². The Kier molecular flexibility index (Phi) is 4.81. The molecule has 0 aromatic rings. The fourth-order valence-corrected chi connectivity index (χ4v) is 2.26. The molecule has 0 aromatic heterocycles. The van der Waals surface area contributed by atoms with Gasteiger partial charge in [0.25, 0.3) is 0 Å². The number of nitrogens with zero attached hydrogens (tertiary/aromatic N) is 1. The minimum atomic E-state index is 0.298. The summed E-state index contributed by atoms with van der Waals surface area (Å²) in [4.78, 5) is 2.60. The number of hydrogen-bond acceptors (Lipinski definition) is 2. The average Bonchev–Trinajstić information content (AvgIpc) is 2.42. The van der Waals surface area contributed by atoms with Crippen molar-refractivity contribution in [1.82, 2.24) is 10.2 Å². The topological polar surface area (TPSA) is 15.3 Å². The van der Waals surface area contributed by atoms with Crippen LogP contribution < -0.4 is 5.32 Å². The molecule has 2 unspecified atom stereocenters. The van der Waals surface area contributed by atoms with Crippen molar-refractivity contribution in [3.63, 3.8) is 0 Å². The number of rotatable bonds is 4. The Morgan fingerprint density at radius 1 is 1.60 bits per heavy atom. The van der Waals surface area contributed by atoms with Crippen molar-refractivity contribution in [3.05, 3.63) is 12.7 Å². The first kappa shape index (κ1) is 12.7. The highest BCUT2D eigenvalue weighted by atomic mass is 15.2. The van der Waals surface area contributed by atoms with E-state index >= 15 is 0 Å². The Morgan fingerprint density at radius 3 is 2.93 bits per heavy atom. The van der Waals surface area contributed by atoms with Crippen LogP contribution in [0, 0.1) is 0 Å². The third kappa shape index (κ3) is 3.62. The molecule has 1 saturated heterocycles. The van der Waals surface area contributed by atoms with E-state index in [4.69, 9.17) is 0 Å². The predicted octanol–water partition coefficient (Wildman–Crippen LogP) is 2.42. The van der Waals surface area contributed by atoms with E-state index in [1.165, 1.54) is 25.9 Å². The summed E-state index contributed by atoms with van der Waals surface area (Å²) in [6.45, 7) is 14.3. The Balaban J connectivity index is 2.60. The van der Waals surface area contributed by atoms with E-state index in [0.29, 0.717) is 11.6 Å². The third-order valence-electron chi connectivity index (χ3n) is 3.64. The van der Waals surface area contributed by atoms with E-state index in [1.807, 2.05) is 6.08 Å². The summed E-state index contributed by atoms with van der Waals surface area (Å²) < 4.78 is 0. The van der Waals surface area contributed by atoms with E-state index in [1.54, 1.807) is 0 Å². The van der Waals surface area contributed by atoms with Gasteiger partial charge in [-0.1, -0.05) is 13.0 Å². The summed E-state index contributed by atoms with van der Waals surface area (Å²) in [5, 5.41) is 3.67. The number of nitrogens with one attached hydrogen (secondary N) is 1. The fraction of sp³-hybridized carbons (Fsp3) is 0.846. The van der Waals surface area contributed by atoms with E-state index in [9.17, 15) is 0 Å². The van der Waals surface area contributed by atoms with Gasteiger partial charge in [0.15, 0.2) is 0 Å². The van der Waals surface area contributed by atoms with Crippen LogP contribution in [-0.4, -0.2) is 36.1 Å². The van der Waals surface area contributed by atoms with Crippen molar-refractivity contribution in [3.8, 4) is 0 Å². The largest absolute Gasteiger partial charge is 0.310 e. The second-order valence-electron chi connectivity index (χ2n) is 5.04. The Labute approximate surface area is 94.7 Å². The molecule has 0 saturated carbocycles. The Morgan fingerprint density at radius 2 is 2.33 bits per heavy atom. The summed E-state index contributed by atoms with van der Waals surface area (Å²) in [6, 6.07) is 0.633. The summed E-state index contributed by atoms with van der Waals surface area (Å²) in [5.74, 6) is 0. The molecular weight excluding hydrogens is 184 g/mol. The van der Waals surface area contributed by atoms with Gasteiger partial charge in [0, 0.05) is 18.1 Å². The van der Waals surface area contributed by atoms with Gasteiger partial charge in [-0.3, -0.25) is 4.90 Å². The molecule has 0 spiro atoms. The molecule has 0 aliphatic carbocycles. The molecule has 1 heterocycles. The first-order chi connectivity index (χ1) is 7.11.